The molecule has 4 aromatic rings. The van der Waals surface area contributed by atoms with Crippen molar-refractivity contribution in [1.29, 1.82) is 0 Å². The van der Waals surface area contributed by atoms with Crippen molar-refractivity contribution in [2.75, 3.05) is 11.3 Å². The first kappa shape index (κ1) is 20.3. The SMILES string of the molecule is Cc1csc2nc(NS(=O)(=O)c3ccc(CCN4C(=O)c5ccccc5C4=O)cc3)nn12. The first-order valence-corrected chi connectivity index (χ1v) is 12.1. The number of aromatic nitrogens is 3. The minimum Gasteiger partial charge on any atom is -0.274 e. The normalized spacial score (nSPS) is 13.7. The first-order valence-electron chi connectivity index (χ1n) is 9.71. The molecule has 1 N–H and O–H groups in total. The highest BCUT2D eigenvalue weighted by Crippen LogP contribution is 2.23. The van der Waals surface area contributed by atoms with E-state index in [2.05, 4.69) is 14.8 Å². The zero-order valence-electron chi connectivity index (χ0n) is 16.8. The van der Waals surface area contributed by atoms with Crippen LogP contribution in [0, 0.1) is 6.92 Å². The molecule has 9 nitrogen and oxygen atoms in total. The van der Waals surface area contributed by atoms with Crippen molar-refractivity contribution in [3.8, 4) is 0 Å². The van der Waals surface area contributed by atoms with Crippen LogP contribution in [0.5, 0.6) is 0 Å². The third-order valence-corrected chi connectivity index (χ3v) is 7.49. The van der Waals surface area contributed by atoms with Crippen LogP contribution in [-0.2, 0) is 16.4 Å². The summed E-state index contributed by atoms with van der Waals surface area (Å²) in [5.41, 5.74) is 2.49. The molecule has 0 unspecified atom stereocenters. The van der Waals surface area contributed by atoms with Gasteiger partial charge < -0.3 is 0 Å². The van der Waals surface area contributed by atoms with Gasteiger partial charge in [0.1, 0.15) is 0 Å². The average Bonchev–Trinajstić information content (AvgIpc) is 3.41. The second-order valence-electron chi connectivity index (χ2n) is 7.31. The second kappa shape index (κ2) is 7.53. The fourth-order valence-electron chi connectivity index (χ4n) is 3.53. The summed E-state index contributed by atoms with van der Waals surface area (Å²) in [6.07, 6.45) is 0.414. The van der Waals surface area contributed by atoms with Crippen molar-refractivity contribution < 1.29 is 18.0 Å². The lowest BCUT2D eigenvalue weighted by atomic mass is 10.1. The molecule has 0 fully saturated rings. The van der Waals surface area contributed by atoms with E-state index in [9.17, 15) is 18.0 Å². The minimum absolute atomic E-state index is 0.00894. The van der Waals surface area contributed by atoms with Crippen LogP contribution in [0.4, 0.5) is 5.95 Å². The average molecular weight is 468 g/mol. The molecule has 2 aromatic carbocycles. The third kappa shape index (κ3) is 3.45. The van der Waals surface area contributed by atoms with Crippen LogP contribution in [0.3, 0.4) is 0 Å². The summed E-state index contributed by atoms with van der Waals surface area (Å²) >= 11 is 1.37. The number of rotatable bonds is 6. The summed E-state index contributed by atoms with van der Waals surface area (Å²) in [6, 6.07) is 13.0. The van der Waals surface area contributed by atoms with Gasteiger partial charge in [0.15, 0.2) is 0 Å². The number of fused-ring (bicyclic) bond motifs is 2. The minimum atomic E-state index is -3.86. The number of amides is 2. The van der Waals surface area contributed by atoms with Gasteiger partial charge in [-0.1, -0.05) is 24.3 Å². The van der Waals surface area contributed by atoms with Gasteiger partial charge in [-0.2, -0.15) is 4.98 Å². The molecule has 0 aliphatic carbocycles. The van der Waals surface area contributed by atoms with Crippen LogP contribution in [-0.4, -0.2) is 46.3 Å². The Kier molecular flexibility index (Phi) is 4.79. The summed E-state index contributed by atoms with van der Waals surface area (Å²) in [6.45, 7) is 2.07. The van der Waals surface area contributed by atoms with Crippen molar-refractivity contribution in [2.24, 2.45) is 0 Å². The van der Waals surface area contributed by atoms with E-state index >= 15 is 0 Å². The highest BCUT2D eigenvalue weighted by molar-refractivity contribution is 7.92. The van der Waals surface area contributed by atoms with Crippen molar-refractivity contribution in [3.05, 3.63) is 76.3 Å². The van der Waals surface area contributed by atoms with E-state index in [-0.39, 0.29) is 29.2 Å². The van der Waals surface area contributed by atoms with Gasteiger partial charge in [0.25, 0.3) is 27.8 Å². The fourth-order valence-corrected chi connectivity index (χ4v) is 5.27. The molecule has 1 aliphatic heterocycles. The van der Waals surface area contributed by atoms with E-state index < -0.39 is 10.0 Å². The lowest BCUT2D eigenvalue weighted by molar-refractivity contribution is 0.0656. The molecular weight excluding hydrogens is 450 g/mol. The fraction of sp³-hybridized carbons (Fsp3) is 0.143. The quantitative estimate of drug-likeness (QED) is 0.436. The van der Waals surface area contributed by atoms with Crippen molar-refractivity contribution in [2.45, 2.75) is 18.2 Å². The Hall–Kier alpha value is -3.57. The Bertz CT molecular complexity index is 1440. The molecule has 0 atom stereocenters. The molecule has 0 saturated heterocycles. The zero-order chi connectivity index (χ0) is 22.5. The first-order chi connectivity index (χ1) is 15.3. The molecule has 0 radical (unpaired) electrons. The largest absolute Gasteiger partial charge is 0.274 e. The Balaban J connectivity index is 1.27. The van der Waals surface area contributed by atoms with Crippen LogP contribution in [0.25, 0.3) is 4.96 Å². The Labute approximate surface area is 187 Å². The van der Waals surface area contributed by atoms with Gasteiger partial charge in [0.2, 0.25) is 4.96 Å². The predicted octanol–water partition coefficient (Wildman–Crippen LogP) is 2.74. The monoisotopic (exact) mass is 467 g/mol. The number of anilines is 1. The standard InChI is InChI=1S/C21H17N5O4S2/c1-13-12-31-21-22-20(23-26(13)21)24-32(29,30)15-8-6-14(7-9-15)10-11-25-18(27)16-4-2-3-5-17(16)19(25)28/h2-9,12H,10-11H2,1H3,(H,23,24). The zero-order valence-corrected chi connectivity index (χ0v) is 18.5. The number of imide groups is 1. The number of nitrogens with zero attached hydrogens (tertiary/aromatic N) is 4. The number of nitrogens with one attached hydrogen (secondary N) is 1. The van der Waals surface area contributed by atoms with E-state index in [1.54, 1.807) is 40.9 Å². The van der Waals surface area contributed by atoms with Gasteiger partial charge in [0.05, 0.1) is 21.7 Å². The summed E-state index contributed by atoms with van der Waals surface area (Å²) in [5, 5.41) is 6.04. The molecule has 0 spiro atoms. The number of hydrogen-bond acceptors (Lipinski definition) is 7. The van der Waals surface area contributed by atoms with Crippen LogP contribution in [0.15, 0.2) is 58.8 Å². The Morgan fingerprint density at radius 3 is 2.28 bits per heavy atom. The molecule has 162 valence electrons. The van der Waals surface area contributed by atoms with E-state index in [0.717, 1.165) is 11.3 Å². The molecule has 3 heterocycles. The lowest BCUT2D eigenvalue weighted by Crippen LogP contribution is -2.31. The third-order valence-electron chi connectivity index (χ3n) is 5.21. The lowest BCUT2D eigenvalue weighted by Gasteiger charge is -2.14. The Morgan fingerprint density at radius 1 is 1.00 bits per heavy atom. The van der Waals surface area contributed by atoms with Crippen LogP contribution in [0.2, 0.25) is 0 Å². The molecular formula is C21H17N5O4S2. The van der Waals surface area contributed by atoms with Crippen molar-refractivity contribution in [3.63, 3.8) is 0 Å². The molecule has 0 saturated carbocycles. The molecule has 11 heteroatoms. The van der Waals surface area contributed by atoms with Gasteiger partial charge in [0, 0.05) is 11.9 Å². The smallest absolute Gasteiger partial charge is 0.264 e. The van der Waals surface area contributed by atoms with Crippen LogP contribution < -0.4 is 4.72 Å². The summed E-state index contributed by atoms with van der Waals surface area (Å²) in [5.74, 6) is -0.608. The molecule has 1 aliphatic rings. The van der Waals surface area contributed by atoms with E-state index in [1.807, 2.05) is 12.3 Å². The maximum Gasteiger partial charge on any atom is 0.264 e. The van der Waals surface area contributed by atoms with Gasteiger partial charge in [-0.3, -0.25) is 14.5 Å². The van der Waals surface area contributed by atoms with Gasteiger partial charge >= 0.3 is 0 Å². The number of thiazole rings is 1. The second-order valence-corrected chi connectivity index (χ2v) is 9.83. The van der Waals surface area contributed by atoms with E-state index in [4.69, 9.17) is 0 Å². The van der Waals surface area contributed by atoms with Crippen molar-refractivity contribution >= 4 is 44.1 Å². The highest BCUT2D eigenvalue weighted by atomic mass is 32.2. The summed E-state index contributed by atoms with van der Waals surface area (Å²) in [4.78, 5) is 31.0. The van der Waals surface area contributed by atoms with Gasteiger partial charge in [-0.05, 0) is 43.2 Å². The Morgan fingerprint density at radius 2 is 1.66 bits per heavy atom. The molecule has 2 amide bonds. The molecule has 32 heavy (non-hydrogen) atoms. The summed E-state index contributed by atoms with van der Waals surface area (Å²) < 4.78 is 29.3. The predicted molar refractivity (Wildman–Crippen MR) is 118 cm³/mol. The number of aryl methyl sites for hydroxylation is 1. The number of benzene rings is 2. The van der Waals surface area contributed by atoms with E-state index in [1.165, 1.54) is 28.4 Å². The van der Waals surface area contributed by atoms with Gasteiger partial charge in [-0.15, -0.1) is 16.4 Å². The molecule has 5 rings (SSSR count). The number of hydrogen-bond donors (Lipinski definition) is 1. The van der Waals surface area contributed by atoms with Crippen LogP contribution in [0.1, 0.15) is 32.0 Å². The maximum atomic E-state index is 12.7. The van der Waals surface area contributed by atoms with Gasteiger partial charge in [-0.25, -0.2) is 17.7 Å². The molecule has 2 aromatic heterocycles. The molecule has 0 bridgehead atoms. The maximum absolute atomic E-state index is 12.7. The topological polar surface area (TPSA) is 114 Å². The number of carbonyl (C=O) groups excluding carboxylic acids is 2. The number of carbonyl (C=O) groups is 2. The van der Waals surface area contributed by atoms with Crippen molar-refractivity contribution in [1.82, 2.24) is 19.5 Å². The van der Waals surface area contributed by atoms with Crippen LogP contribution >= 0.6 is 11.3 Å². The highest BCUT2D eigenvalue weighted by Gasteiger charge is 2.34. The van der Waals surface area contributed by atoms with E-state index in [0.29, 0.717) is 22.5 Å². The number of sulfonamides is 1. The summed E-state index contributed by atoms with van der Waals surface area (Å²) in [7, 11) is -3.86.